The molecular weight excluding hydrogens is 776 g/mol. The number of benzene rings is 3. The molecule has 3 aromatic rings. The average Bonchev–Trinajstić information content (AvgIpc) is 3.48. The van der Waals surface area contributed by atoms with Gasteiger partial charge in [0.05, 0.1) is 53.0 Å². The van der Waals surface area contributed by atoms with E-state index in [0.717, 1.165) is 11.8 Å². The molecule has 3 aliphatic rings. The van der Waals surface area contributed by atoms with Crippen LogP contribution >= 0.6 is 0 Å². The second kappa shape index (κ2) is 18.6. The average molecular weight is 831 g/mol. The number of esters is 1. The maximum Gasteiger partial charge on any atom is 0.312 e. The summed E-state index contributed by atoms with van der Waals surface area (Å²) >= 11 is 0. The number of aliphatic hydroxyl groups is 2. The number of hydrogen-bond donors (Lipinski definition) is 6. The maximum atomic E-state index is 14.4. The molecule has 3 aliphatic heterocycles. The summed E-state index contributed by atoms with van der Waals surface area (Å²) < 4.78 is 23.5. The number of carbonyl (C=O) groups is 3. The molecule has 322 valence electrons. The van der Waals surface area contributed by atoms with Crippen LogP contribution in [-0.2, 0) is 35.2 Å². The van der Waals surface area contributed by atoms with Crippen molar-refractivity contribution in [3.05, 3.63) is 88.7 Å². The number of allylic oxidation sites excluding steroid dienone is 2. The van der Waals surface area contributed by atoms with Gasteiger partial charge in [-0.3, -0.25) is 14.4 Å². The van der Waals surface area contributed by atoms with Crippen LogP contribution in [0.3, 0.4) is 0 Å². The highest BCUT2D eigenvalue weighted by atomic mass is 16.7. The van der Waals surface area contributed by atoms with Gasteiger partial charge in [0.25, 0.3) is 11.7 Å². The zero-order chi connectivity index (χ0) is 44.2. The number of Topliss-reactive ketones (excluding diaryl/α,β-unsaturated/α-hetero) is 1. The Morgan fingerprint density at radius 3 is 2.27 bits per heavy atom. The summed E-state index contributed by atoms with van der Waals surface area (Å²) in [6.45, 7) is 12.4. The van der Waals surface area contributed by atoms with E-state index in [1.807, 2.05) is 30.3 Å². The fourth-order valence-corrected chi connectivity index (χ4v) is 7.65. The zero-order valence-electron chi connectivity index (χ0n) is 35.1. The third-order valence-corrected chi connectivity index (χ3v) is 11.4. The Morgan fingerprint density at radius 2 is 1.62 bits per heavy atom. The van der Waals surface area contributed by atoms with Crippen molar-refractivity contribution in [1.82, 2.24) is 0 Å². The third-order valence-electron chi connectivity index (χ3n) is 11.4. The molecule has 3 heterocycles. The first kappa shape index (κ1) is 45.2. The number of carbonyl (C=O) groups excluding carboxylic acids is 3. The first-order valence-electron chi connectivity index (χ1n) is 19.6. The van der Waals surface area contributed by atoms with Crippen molar-refractivity contribution in [2.45, 2.75) is 92.2 Å². The molecule has 5 bridgehead atoms. The minimum absolute atomic E-state index is 0.0270. The number of phenols is 3. The molecule has 0 saturated carbocycles. The van der Waals surface area contributed by atoms with Crippen molar-refractivity contribution in [3.8, 4) is 23.0 Å². The molecule has 6 rings (SSSR count). The van der Waals surface area contributed by atoms with Crippen LogP contribution in [0.4, 0.5) is 5.69 Å². The molecule has 0 radical (unpaired) electrons. The van der Waals surface area contributed by atoms with E-state index in [0.29, 0.717) is 0 Å². The van der Waals surface area contributed by atoms with Crippen LogP contribution in [0.2, 0.25) is 0 Å². The molecular formula is C45H54N2O13. The normalized spacial score (nSPS) is 28.8. The first-order valence-corrected chi connectivity index (χ1v) is 19.6. The molecule has 6 N–H and O–H groups in total. The molecule has 15 heteroatoms. The lowest BCUT2D eigenvalue weighted by Crippen LogP contribution is -2.46. The molecule has 0 aromatic heterocycles. The second-order valence-electron chi connectivity index (χ2n) is 15.6. The molecule has 0 aliphatic carbocycles. The quantitative estimate of drug-likeness (QED) is 0.0528. The van der Waals surface area contributed by atoms with E-state index in [9.17, 15) is 39.9 Å². The number of oxime groups is 1. The molecule has 60 heavy (non-hydrogen) atoms. The Hall–Kier alpha value is -5.90. The predicted octanol–water partition coefficient (Wildman–Crippen LogP) is 6.30. The van der Waals surface area contributed by atoms with Gasteiger partial charge >= 0.3 is 11.8 Å². The van der Waals surface area contributed by atoms with Gasteiger partial charge in [-0.1, -0.05) is 81.4 Å². The highest BCUT2D eigenvalue weighted by molar-refractivity contribution is 6.23. The van der Waals surface area contributed by atoms with Gasteiger partial charge in [-0.15, -0.1) is 0 Å². The number of ether oxygens (including phenoxy) is 4. The van der Waals surface area contributed by atoms with Crippen molar-refractivity contribution < 1.29 is 63.7 Å². The summed E-state index contributed by atoms with van der Waals surface area (Å²) in [5.74, 6) is -8.73. The number of fused-ring (bicyclic) bond motifs is 14. The monoisotopic (exact) mass is 830 g/mol. The summed E-state index contributed by atoms with van der Waals surface area (Å²) in [6.07, 6.45) is 4.47. The molecule has 9 atom stereocenters. The van der Waals surface area contributed by atoms with E-state index in [1.165, 1.54) is 53.2 Å². The first-order chi connectivity index (χ1) is 28.3. The van der Waals surface area contributed by atoms with Gasteiger partial charge in [0, 0.05) is 61.2 Å². The fourth-order valence-electron chi connectivity index (χ4n) is 7.65. The Morgan fingerprint density at radius 1 is 0.933 bits per heavy atom. The number of amides is 1. The fraction of sp³-hybridized carbons (Fsp3) is 0.422. The van der Waals surface area contributed by atoms with Crippen LogP contribution < -0.4 is 10.1 Å². The van der Waals surface area contributed by atoms with Gasteiger partial charge in [0.1, 0.15) is 30.0 Å². The highest BCUT2D eigenvalue weighted by Crippen LogP contribution is 2.55. The Bertz CT molecular complexity index is 2230. The number of phenolic OH excluding ortho intramolecular Hbond substituents is 3. The minimum Gasteiger partial charge on any atom is -0.507 e. The predicted molar refractivity (Wildman–Crippen MR) is 223 cm³/mol. The van der Waals surface area contributed by atoms with Gasteiger partial charge in [-0.25, -0.2) is 0 Å². The van der Waals surface area contributed by atoms with E-state index in [1.54, 1.807) is 39.8 Å². The molecule has 0 fully saturated rings. The maximum absolute atomic E-state index is 14.4. The van der Waals surface area contributed by atoms with Crippen LogP contribution in [0, 0.1) is 30.6 Å². The summed E-state index contributed by atoms with van der Waals surface area (Å²) in [6, 6.07) is 9.10. The van der Waals surface area contributed by atoms with Crippen molar-refractivity contribution >= 4 is 40.3 Å². The number of anilines is 1. The van der Waals surface area contributed by atoms with Crippen LogP contribution in [-0.4, -0.2) is 86.7 Å². The van der Waals surface area contributed by atoms with Crippen molar-refractivity contribution in [3.63, 3.8) is 0 Å². The molecule has 0 saturated heterocycles. The van der Waals surface area contributed by atoms with Crippen LogP contribution in [0.5, 0.6) is 23.0 Å². The van der Waals surface area contributed by atoms with Crippen LogP contribution in [0.1, 0.15) is 75.5 Å². The third kappa shape index (κ3) is 8.98. The number of nitrogens with zero attached hydrogens (tertiary/aromatic N) is 1. The SMILES string of the molecule is COC1/C=C/OC2(C)Oc3c(C)c(O)c4c(O)c(c(/C=N/OCc5ccccc5)c(O)c4c3C2=O)NC(=O)C(C)=C/C=C/C(C)C(O)C(C)C(O)C(C)C(OC(C)=O)C1C. The largest absolute Gasteiger partial charge is 0.507 e. The summed E-state index contributed by atoms with van der Waals surface area (Å²) in [4.78, 5) is 45.9. The molecule has 3 aromatic carbocycles. The van der Waals surface area contributed by atoms with Crippen molar-refractivity contribution in [2.75, 3.05) is 12.4 Å². The number of methoxy groups -OCH3 is 1. The van der Waals surface area contributed by atoms with E-state index in [4.69, 9.17) is 23.8 Å². The Kier molecular flexibility index (Phi) is 14.0. The Balaban J connectivity index is 1.69. The number of aromatic hydroxyl groups is 3. The summed E-state index contributed by atoms with van der Waals surface area (Å²) in [5, 5.41) is 64.2. The van der Waals surface area contributed by atoms with E-state index < -0.39 is 88.8 Å². The van der Waals surface area contributed by atoms with Gasteiger partial charge in [0.15, 0.2) is 5.75 Å². The zero-order valence-corrected chi connectivity index (χ0v) is 35.1. The number of nitrogens with one attached hydrogen (secondary N) is 1. The lowest BCUT2D eigenvalue weighted by atomic mass is 9.78. The minimum atomic E-state index is -2.07. The van der Waals surface area contributed by atoms with Crippen LogP contribution in [0.15, 0.2) is 71.6 Å². The van der Waals surface area contributed by atoms with E-state index in [-0.39, 0.29) is 51.1 Å². The summed E-state index contributed by atoms with van der Waals surface area (Å²) in [5.41, 5.74) is 0.113. The lowest BCUT2D eigenvalue weighted by Gasteiger charge is -2.38. The number of hydrogen-bond acceptors (Lipinski definition) is 14. The van der Waals surface area contributed by atoms with E-state index in [2.05, 4.69) is 10.5 Å². The Labute approximate surface area is 348 Å². The highest BCUT2D eigenvalue weighted by Gasteiger charge is 2.50. The summed E-state index contributed by atoms with van der Waals surface area (Å²) in [7, 11) is 1.43. The van der Waals surface area contributed by atoms with Gasteiger partial charge in [0.2, 0.25) is 0 Å². The van der Waals surface area contributed by atoms with Crippen molar-refractivity contribution in [2.24, 2.45) is 28.8 Å². The van der Waals surface area contributed by atoms with Gasteiger partial charge in [-0.2, -0.15) is 0 Å². The number of ketones is 1. The molecule has 9 unspecified atom stereocenters. The molecule has 0 spiro atoms. The topological polar surface area (TPSA) is 223 Å². The van der Waals surface area contributed by atoms with Gasteiger partial charge in [-0.05, 0) is 25.5 Å². The van der Waals surface area contributed by atoms with Crippen LogP contribution in [0.25, 0.3) is 10.8 Å². The number of rotatable bonds is 6. The molecule has 15 nitrogen and oxygen atoms in total. The number of aliphatic hydroxyl groups excluding tert-OH is 2. The van der Waals surface area contributed by atoms with Crippen molar-refractivity contribution in [1.29, 1.82) is 0 Å². The van der Waals surface area contributed by atoms with E-state index >= 15 is 0 Å². The van der Waals surface area contributed by atoms with Gasteiger partial charge < -0.3 is 54.6 Å². The lowest BCUT2D eigenvalue weighted by molar-refractivity contribution is -0.160. The molecule has 1 amide bonds. The standard InChI is InChI=1S/C45H54N2O13/c1-22-14-13-15-23(2)44(55)47-35-30(20-46-58-21-29-16-11-10-12-17-29)39(52)32-33(40(35)53)38(51)27(6)42-34(32)43(54)45(8,60-42)57-19-18-31(56-9)24(3)41(59-28(7)48)26(5)37(50)25(4)36(22)49/h10-20,22,24-26,31,36-37,41,49-53H,21H2,1-9H3,(H,47,55)/b14-13+,19-18+,23-15?,46-20+. The smallest absolute Gasteiger partial charge is 0.312 e. The second-order valence-corrected chi connectivity index (χ2v) is 15.6.